The molecule has 0 aliphatic carbocycles. The molecular formula is C15H21BrN4. The lowest BCUT2D eigenvalue weighted by molar-refractivity contribution is 0.468. The summed E-state index contributed by atoms with van der Waals surface area (Å²) in [4.78, 5) is 4.41. The van der Waals surface area contributed by atoms with E-state index >= 15 is 0 Å². The van der Waals surface area contributed by atoms with Crippen LogP contribution in [0.5, 0.6) is 0 Å². The van der Waals surface area contributed by atoms with Crippen LogP contribution in [0, 0.1) is 0 Å². The number of nitrogens with one attached hydrogen (secondary N) is 1. The quantitative estimate of drug-likeness (QED) is 0.877. The van der Waals surface area contributed by atoms with Crippen molar-refractivity contribution in [2.45, 2.75) is 39.3 Å². The predicted octanol–water partition coefficient (Wildman–Crippen LogP) is 3.51. The normalized spacial score (nSPS) is 12.8. The van der Waals surface area contributed by atoms with E-state index in [4.69, 9.17) is 0 Å². The smallest absolute Gasteiger partial charge is 0.138 e. The summed E-state index contributed by atoms with van der Waals surface area (Å²) in [6.45, 7) is 7.30. The van der Waals surface area contributed by atoms with Crippen molar-refractivity contribution in [3.63, 3.8) is 0 Å². The lowest BCUT2D eigenvalue weighted by Gasteiger charge is -2.19. The molecule has 0 aliphatic heterocycles. The first-order valence-electron chi connectivity index (χ1n) is 6.99. The van der Waals surface area contributed by atoms with Crippen molar-refractivity contribution in [3.05, 3.63) is 46.5 Å². The molecule has 0 aliphatic rings. The minimum absolute atomic E-state index is 0.249. The summed E-state index contributed by atoms with van der Waals surface area (Å²) in [5, 5.41) is 7.84. The Bertz CT molecular complexity index is 550. The fourth-order valence-electron chi connectivity index (χ4n) is 2.31. The zero-order valence-corrected chi connectivity index (χ0v) is 13.8. The largest absolute Gasteiger partial charge is 0.310 e. The molecule has 1 atom stereocenters. The van der Waals surface area contributed by atoms with Crippen molar-refractivity contribution >= 4 is 15.9 Å². The van der Waals surface area contributed by atoms with Crippen molar-refractivity contribution in [1.29, 1.82) is 0 Å². The molecule has 1 aromatic carbocycles. The number of likely N-dealkylation sites (N-methyl/N-ethyl adjacent to an activating group) is 1. The fraction of sp³-hybridized carbons (Fsp3) is 0.467. The second kappa shape index (κ2) is 6.99. The summed E-state index contributed by atoms with van der Waals surface area (Å²) in [5.41, 5.74) is 1.26. The van der Waals surface area contributed by atoms with Gasteiger partial charge in [0, 0.05) is 23.0 Å². The molecule has 2 rings (SSSR count). The lowest BCUT2D eigenvalue weighted by atomic mass is 10.0. The van der Waals surface area contributed by atoms with Crippen molar-refractivity contribution in [2.75, 3.05) is 6.54 Å². The van der Waals surface area contributed by atoms with Crippen LogP contribution in [0.4, 0.5) is 0 Å². The van der Waals surface area contributed by atoms with Crippen molar-refractivity contribution in [2.24, 2.45) is 0 Å². The van der Waals surface area contributed by atoms with Crippen LogP contribution in [0.2, 0.25) is 0 Å². The van der Waals surface area contributed by atoms with E-state index in [-0.39, 0.29) is 6.04 Å². The Hall–Kier alpha value is -1.20. The molecule has 1 unspecified atom stereocenters. The van der Waals surface area contributed by atoms with E-state index in [1.54, 1.807) is 6.33 Å². The second-order valence-electron chi connectivity index (χ2n) is 5.08. The van der Waals surface area contributed by atoms with Gasteiger partial charge < -0.3 is 5.32 Å². The molecule has 0 bridgehead atoms. The van der Waals surface area contributed by atoms with Gasteiger partial charge in [-0.1, -0.05) is 35.0 Å². The van der Waals surface area contributed by atoms with Gasteiger partial charge in [-0.05, 0) is 38.1 Å². The molecule has 0 saturated carbocycles. The van der Waals surface area contributed by atoms with E-state index in [9.17, 15) is 0 Å². The number of halogens is 1. The van der Waals surface area contributed by atoms with E-state index in [2.05, 4.69) is 70.3 Å². The molecule has 0 radical (unpaired) electrons. The van der Waals surface area contributed by atoms with Crippen LogP contribution in [0.25, 0.3) is 0 Å². The summed E-state index contributed by atoms with van der Waals surface area (Å²) < 4.78 is 3.09. The maximum Gasteiger partial charge on any atom is 0.138 e. The van der Waals surface area contributed by atoms with E-state index in [1.165, 1.54) is 5.56 Å². The van der Waals surface area contributed by atoms with E-state index < -0.39 is 0 Å². The summed E-state index contributed by atoms with van der Waals surface area (Å²) in [7, 11) is 0. The number of nitrogens with zero attached hydrogens (tertiary/aromatic N) is 3. The minimum Gasteiger partial charge on any atom is -0.310 e. The topological polar surface area (TPSA) is 42.7 Å². The third-order valence-electron chi connectivity index (χ3n) is 3.22. The maximum absolute atomic E-state index is 4.41. The van der Waals surface area contributed by atoms with Gasteiger partial charge in [0.1, 0.15) is 12.2 Å². The van der Waals surface area contributed by atoms with Gasteiger partial charge in [0.05, 0.1) is 0 Å². The van der Waals surface area contributed by atoms with E-state index in [0.29, 0.717) is 6.04 Å². The number of aromatic nitrogens is 3. The van der Waals surface area contributed by atoms with E-state index in [0.717, 1.165) is 23.3 Å². The zero-order chi connectivity index (χ0) is 14.5. The van der Waals surface area contributed by atoms with Crippen molar-refractivity contribution in [3.8, 4) is 0 Å². The fourth-order valence-corrected chi connectivity index (χ4v) is 2.73. The van der Waals surface area contributed by atoms with E-state index in [1.807, 2.05) is 10.7 Å². The first-order valence-corrected chi connectivity index (χ1v) is 7.78. The average Bonchev–Trinajstić information content (AvgIpc) is 2.86. The molecule has 0 amide bonds. The molecule has 0 fully saturated rings. The predicted molar refractivity (Wildman–Crippen MR) is 84.7 cm³/mol. The first kappa shape index (κ1) is 15.2. The standard InChI is InChI=1S/C15H21BrN4/c1-4-17-14(12-6-5-7-13(16)8-12)9-15-18-10-19-20(15)11(2)3/h5-8,10-11,14,17H,4,9H2,1-3H3. The lowest BCUT2D eigenvalue weighted by Crippen LogP contribution is -2.25. The Kier molecular flexibility index (Phi) is 5.31. The molecular weight excluding hydrogens is 316 g/mol. The highest BCUT2D eigenvalue weighted by atomic mass is 79.9. The summed E-state index contributed by atoms with van der Waals surface area (Å²) >= 11 is 3.54. The molecule has 5 heteroatoms. The van der Waals surface area contributed by atoms with Gasteiger partial charge in [-0.15, -0.1) is 0 Å². The van der Waals surface area contributed by atoms with Crippen LogP contribution >= 0.6 is 15.9 Å². The Morgan fingerprint density at radius 2 is 2.15 bits per heavy atom. The van der Waals surface area contributed by atoms with Crippen LogP contribution in [0.15, 0.2) is 35.1 Å². The molecule has 0 spiro atoms. The van der Waals surface area contributed by atoms with Crippen molar-refractivity contribution < 1.29 is 0 Å². The van der Waals surface area contributed by atoms with Crippen LogP contribution < -0.4 is 5.32 Å². The number of hydrogen-bond donors (Lipinski definition) is 1. The van der Waals surface area contributed by atoms with Gasteiger partial charge in [0.15, 0.2) is 0 Å². The third kappa shape index (κ3) is 3.67. The molecule has 2 aromatic rings. The molecule has 1 aromatic heterocycles. The molecule has 1 heterocycles. The van der Waals surface area contributed by atoms with Gasteiger partial charge in [-0.3, -0.25) is 0 Å². The van der Waals surface area contributed by atoms with Crippen LogP contribution in [-0.4, -0.2) is 21.3 Å². The Balaban J connectivity index is 2.23. The number of benzene rings is 1. The monoisotopic (exact) mass is 336 g/mol. The second-order valence-corrected chi connectivity index (χ2v) is 6.00. The van der Waals surface area contributed by atoms with Gasteiger partial charge in [-0.25, -0.2) is 9.67 Å². The minimum atomic E-state index is 0.249. The molecule has 1 N–H and O–H groups in total. The summed E-state index contributed by atoms with van der Waals surface area (Å²) in [6, 6.07) is 8.99. The highest BCUT2D eigenvalue weighted by molar-refractivity contribution is 9.10. The third-order valence-corrected chi connectivity index (χ3v) is 3.72. The van der Waals surface area contributed by atoms with Crippen LogP contribution in [-0.2, 0) is 6.42 Å². The zero-order valence-electron chi connectivity index (χ0n) is 12.2. The van der Waals surface area contributed by atoms with Gasteiger partial charge in [-0.2, -0.15) is 5.10 Å². The molecule has 20 heavy (non-hydrogen) atoms. The average molecular weight is 337 g/mol. The van der Waals surface area contributed by atoms with Crippen LogP contribution in [0.1, 0.15) is 44.2 Å². The number of rotatable bonds is 6. The summed E-state index contributed by atoms with van der Waals surface area (Å²) in [6.07, 6.45) is 2.47. The van der Waals surface area contributed by atoms with Gasteiger partial charge >= 0.3 is 0 Å². The SMILES string of the molecule is CCNC(Cc1ncnn1C(C)C)c1cccc(Br)c1. The number of hydrogen-bond acceptors (Lipinski definition) is 3. The Morgan fingerprint density at radius 1 is 1.35 bits per heavy atom. The Labute approximate surface area is 128 Å². The highest BCUT2D eigenvalue weighted by Crippen LogP contribution is 2.22. The van der Waals surface area contributed by atoms with Crippen LogP contribution in [0.3, 0.4) is 0 Å². The molecule has 0 saturated heterocycles. The van der Waals surface area contributed by atoms with Crippen molar-refractivity contribution in [1.82, 2.24) is 20.1 Å². The summed E-state index contributed by atoms with van der Waals surface area (Å²) in [5.74, 6) is 1.02. The Morgan fingerprint density at radius 3 is 2.80 bits per heavy atom. The molecule has 4 nitrogen and oxygen atoms in total. The van der Waals surface area contributed by atoms with Gasteiger partial charge in [0.25, 0.3) is 0 Å². The maximum atomic E-state index is 4.41. The molecule has 108 valence electrons. The first-order chi connectivity index (χ1) is 9.61. The highest BCUT2D eigenvalue weighted by Gasteiger charge is 2.16. The van der Waals surface area contributed by atoms with Gasteiger partial charge in [0.2, 0.25) is 0 Å².